The Morgan fingerprint density at radius 3 is 2.30 bits per heavy atom. The minimum atomic E-state index is -0.416. The highest BCUT2D eigenvalue weighted by Gasteiger charge is 2.08. The summed E-state index contributed by atoms with van der Waals surface area (Å²) in [5, 5.41) is 19.3. The van der Waals surface area contributed by atoms with Gasteiger partial charge in [-0.1, -0.05) is 12.1 Å². The lowest BCUT2D eigenvalue weighted by Gasteiger charge is -2.10. The Kier molecular flexibility index (Phi) is 4.10. The number of hydrogen-bond acceptors (Lipinski definition) is 5. The second-order valence-electron chi connectivity index (χ2n) is 4.13. The summed E-state index contributed by atoms with van der Waals surface area (Å²) in [6.45, 7) is 1.32. The van der Waals surface area contributed by atoms with Crippen LogP contribution >= 0.6 is 0 Å². The molecule has 5 heteroatoms. The number of esters is 1. The number of hydrogen-bond donors (Lipinski definition) is 2. The molecule has 104 valence electrons. The molecule has 0 unspecified atom stereocenters. The normalized spacial score (nSPS) is 10.1. The van der Waals surface area contributed by atoms with Crippen molar-refractivity contribution in [3.05, 3.63) is 48.0 Å². The Morgan fingerprint density at radius 1 is 1.05 bits per heavy atom. The van der Waals surface area contributed by atoms with Gasteiger partial charge in [0, 0.05) is 13.0 Å². The number of carbonyl (C=O) groups is 1. The number of aromatic hydroxyl groups is 2. The van der Waals surface area contributed by atoms with E-state index >= 15 is 0 Å². The quantitative estimate of drug-likeness (QED) is 0.662. The maximum absolute atomic E-state index is 10.9. The Morgan fingerprint density at radius 2 is 1.65 bits per heavy atom. The maximum Gasteiger partial charge on any atom is 0.308 e. The summed E-state index contributed by atoms with van der Waals surface area (Å²) in [6.07, 6.45) is 0. The molecule has 2 rings (SSSR count). The molecule has 0 bridgehead atoms. The average Bonchev–Trinajstić information content (AvgIpc) is 2.38. The van der Waals surface area contributed by atoms with Gasteiger partial charge in [-0.3, -0.25) is 4.79 Å². The molecule has 2 N–H and O–H groups in total. The molecule has 5 nitrogen and oxygen atoms in total. The number of benzene rings is 2. The fourth-order valence-corrected chi connectivity index (χ4v) is 1.66. The third kappa shape index (κ3) is 3.41. The smallest absolute Gasteiger partial charge is 0.308 e. The molecule has 0 fully saturated rings. The molecule has 0 aliphatic heterocycles. The number of phenols is 2. The Balaban J connectivity index is 2.09. The van der Waals surface area contributed by atoms with Gasteiger partial charge in [0.25, 0.3) is 0 Å². The average molecular weight is 274 g/mol. The van der Waals surface area contributed by atoms with Crippen LogP contribution < -0.4 is 9.47 Å². The fraction of sp³-hybridized carbons (Fsp3) is 0.133. The van der Waals surface area contributed by atoms with Gasteiger partial charge in [0.2, 0.25) is 0 Å². The minimum absolute atomic E-state index is 0.00202. The summed E-state index contributed by atoms with van der Waals surface area (Å²) < 4.78 is 10.4. The van der Waals surface area contributed by atoms with Crippen LogP contribution in [-0.4, -0.2) is 16.2 Å². The molecule has 0 aliphatic carbocycles. The van der Waals surface area contributed by atoms with Gasteiger partial charge in [-0.15, -0.1) is 0 Å². The molecule has 0 saturated carbocycles. The van der Waals surface area contributed by atoms with Crippen molar-refractivity contribution in [1.29, 1.82) is 0 Å². The van der Waals surface area contributed by atoms with E-state index in [9.17, 15) is 15.0 Å². The van der Waals surface area contributed by atoms with Crippen LogP contribution in [0.15, 0.2) is 42.5 Å². The van der Waals surface area contributed by atoms with Gasteiger partial charge in [0.15, 0.2) is 0 Å². The molecule has 0 heterocycles. The molecular formula is C15H14O5. The number of ether oxygens (including phenoxy) is 2. The first kappa shape index (κ1) is 13.7. The second kappa shape index (κ2) is 5.97. The highest BCUT2D eigenvalue weighted by atomic mass is 16.5. The van der Waals surface area contributed by atoms with Gasteiger partial charge >= 0.3 is 5.97 Å². The van der Waals surface area contributed by atoms with Crippen LogP contribution in [0.2, 0.25) is 0 Å². The molecular weight excluding hydrogens is 260 g/mol. The van der Waals surface area contributed by atoms with Crippen molar-refractivity contribution in [3.8, 4) is 23.0 Å². The first-order valence-electron chi connectivity index (χ1n) is 5.97. The van der Waals surface area contributed by atoms with E-state index in [4.69, 9.17) is 9.47 Å². The second-order valence-corrected chi connectivity index (χ2v) is 4.13. The predicted octanol–water partition coefficient (Wildman–Crippen LogP) is 2.60. The van der Waals surface area contributed by atoms with Crippen molar-refractivity contribution in [3.63, 3.8) is 0 Å². The van der Waals surface area contributed by atoms with E-state index in [0.29, 0.717) is 17.1 Å². The van der Waals surface area contributed by atoms with E-state index in [1.54, 1.807) is 24.3 Å². The summed E-state index contributed by atoms with van der Waals surface area (Å²) in [6, 6.07) is 11.0. The first-order valence-corrected chi connectivity index (χ1v) is 5.97. The van der Waals surface area contributed by atoms with Crippen LogP contribution in [0.25, 0.3) is 0 Å². The van der Waals surface area contributed by atoms with Crippen molar-refractivity contribution in [2.75, 3.05) is 0 Å². The molecule has 2 aromatic carbocycles. The molecule has 0 aliphatic rings. The molecule has 20 heavy (non-hydrogen) atoms. The lowest BCUT2D eigenvalue weighted by molar-refractivity contribution is -0.131. The standard InChI is InChI=1S/C15H14O5/c1-10(16)20-12-5-2-4-11(8-12)19-9-13-14(17)6-3-7-15(13)18/h2-8,17-18H,9H2,1H3. The largest absolute Gasteiger partial charge is 0.507 e. The Bertz CT molecular complexity index is 601. The minimum Gasteiger partial charge on any atom is -0.507 e. The van der Waals surface area contributed by atoms with Crippen LogP contribution in [0.1, 0.15) is 12.5 Å². The molecule has 0 radical (unpaired) electrons. The van der Waals surface area contributed by atoms with Crippen molar-refractivity contribution in [2.24, 2.45) is 0 Å². The highest BCUT2D eigenvalue weighted by molar-refractivity contribution is 5.69. The molecule has 2 aromatic rings. The van der Waals surface area contributed by atoms with E-state index in [-0.39, 0.29) is 18.1 Å². The van der Waals surface area contributed by atoms with E-state index in [2.05, 4.69) is 0 Å². The van der Waals surface area contributed by atoms with E-state index in [1.165, 1.54) is 25.1 Å². The lowest BCUT2D eigenvalue weighted by Crippen LogP contribution is -2.02. The topological polar surface area (TPSA) is 76.0 Å². The molecule has 0 saturated heterocycles. The SMILES string of the molecule is CC(=O)Oc1cccc(OCc2c(O)cccc2O)c1. The molecule has 0 aromatic heterocycles. The van der Waals surface area contributed by atoms with Crippen LogP contribution in [0.5, 0.6) is 23.0 Å². The monoisotopic (exact) mass is 274 g/mol. The maximum atomic E-state index is 10.9. The van der Waals surface area contributed by atoms with Gasteiger partial charge in [0.1, 0.15) is 29.6 Å². The van der Waals surface area contributed by atoms with Gasteiger partial charge in [0.05, 0.1) is 5.56 Å². The zero-order chi connectivity index (χ0) is 14.5. The molecule has 0 amide bonds. The van der Waals surface area contributed by atoms with Crippen molar-refractivity contribution in [1.82, 2.24) is 0 Å². The molecule has 0 atom stereocenters. The third-order valence-corrected chi connectivity index (χ3v) is 2.58. The lowest BCUT2D eigenvalue weighted by atomic mass is 10.2. The van der Waals surface area contributed by atoms with E-state index in [0.717, 1.165) is 0 Å². The summed E-state index contributed by atoms with van der Waals surface area (Å²) in [7, 11) is 0. The number of phenolic OH excluding ortho intramolecular Hbond substituents is 2. The van der Waals surface area contributed by atoms with Crippen LogP contribution in [0.3, 0.4) is 0 Å². The number of carbonyl (C=O) groups excluding carboxylic acids is 1. The van der Waals surface area contributed by atoms with E-state index < -0.39 is 5.97 Å². The summed E-state index contributed by atoms with van der Waals surface area (Å²) in [4.78, 5) is 10.9. The predicted molar refractivity (Wildman–Crippen MR) is 71.9 cm³/mol. The van der Waals surface area contributed by atoms with Crippen LogP contribution in [0, 0.1) is 0 Å². The zero-order valence-electron chi connectivity index (χ0n) is 10.9. The summed E-state index contributed by atoms with van der Waals surface area (Å²) >= 11 is 0. The summed E-state index contributed by atoms with van der Waals surface area (Å²) in [5.74, 6) is 0.339. The van der Waals surface area contributed by atoms with Gasteiger partial charge in [-0.25, -0.2) is 0 Å². The first-order chi connectivity index (χ1) is 9.56. The Labute approximate surface area is 116 Å². The van der Waals surface area contributed by atoms with Crippen molar-refractivity contribution in [2.45, 2.75) is 13.5 Å². The van der Waals surface area contributed by atoms with Crippen LogP contribution in [0.4, 0.5) is 0 Å². The van der Waals surface area contributed by atoms with Gasteiger partial charge < -0.3 is 19.7 Å². The third-order valence-electron chi connectivity index (χ3n) is 2.58. The fourth-order valence-electron chi connectivity index (χ4n) is 1.66. The van der Waals surface area contributed by atoms with Gasteiger partial charge in [-0.05, 0) is 24.3 Å². The number of rotatable bonds is 4. The highest BCUT2D eigenvalue weighted by Crippen LogP contribution is 2.28. The van der Waals surface area contributed by atoms with E-state index in [1.807, 2.05) is 0 Å². The zero-order valence-corrected chi connectivity index (χ0v) is 10.9. The van der Waals surface area contributed by atoms with Crippen molar-refractivity contribution < 1.29 is 24.5 Å². The van der Waals surface area contributed by atoms with Gasteiger partial charge in [-0.2, -0.15) is 0 Å². The summed E-state index contributed by atoms with van der Waals surface area (Å²) in [5.41, 5.74) is 0.297. The van der Waals surface area contributed by atoms with Crippen molar-refractivity contribution >= 4 is 5.97 Å². The molecule has 0 spiro atoms. The Hall–Kier alpha value is -2.69. The van der Waals surface area contributed by atoms with Crippen LogP contribution in [-0.2, 0) is 11.4 Å².